The predicted molar refractivity (Wildman–Crippen MR) is 136 cm³/mol. The number of halogens is 1. The van der Waals surface area contributed by atoms with E-state index in [1.807, 2.05) is 54.6 Å². The van der Waals surface area contributed by atoms with Crippen LogP contribution in [0, 0.1) is 5.82 Å². The van der Waals surface area contributed by atoms with Crippen molar-refractivity contribution in [3.63, 3.8) is 0 Å². The molecule has 0 saturated carbocycles. The fourth-order valence-corrected chi connectivity index (χ4v) is 3.81. The minimum atomic E-state index is -0.832. The Morgan fingerprint density at radius 3 is 2.17 bits per heavy atom. The van der Waals surface area contributed by atoms with E-state index in [1.54, 1.807) is 18.2 Å². The van der Waals surface area contributed by atoms with Crippen LogP contribution < -0.4 is 10.1 Å². The molecule has 0 bridgehead atoms. The summed E-state index contributed by atoms with van der Waals surface area (Å²) >= 11 is 0. The van der Waals surface area contributed by atoms with Gasteiger partial charge in [0.15, 0.2) is 6.61 Å². The molecule has 0 heterocycles. The summed E-state index contributed by atoms with van der Waals surface area (Å²) in [6.07, 6.45) is 0.293. The van der Waals surface area contributed by atoms with E-state index in [-0.39, 0.29) is 24.5 Å². The van der Waals surface area contributed by atoms with Gasteiger partial charge in [-0.05, 0) is 34.7 Å². The normalized spacial score (nSPS) is 12.0. The Labute approximate surface area is 206 Å². The molecule has 0 radical (unpaired) electrons. The summed E-state index contributed by atoms with van der Waals surface area (Å²) in [6.45, 7) is 6.05. The Hall–Kier alpha value is -3.67. The molecule has 35 heavy (non-hydrogen) atoms. The lowest BCUT2D eigenvalue weighted by Crippen LogP contribution is -2.51. The third kappa shape index (κ3) is 7.15. The molecule has 1 N–H and O–H groups in total. The average molecular weight is 477 g/mol. The van der Waals surface area contributed by atoms with E-state index < -0.39 is 17.8 Å². The van der Waals surface area contributed by atoms with E-state index in [0.717, 1.165) is 11.1 Å². The Morgan fingerprint density at radius 1 is 0.943 bits per heavy atom. The highest BCUT2D eigenvalue weighted by atomic mass is 19.1. The number of benzene rings is 3. The van der Waals surface area contributed by atoms with Crippen LogP contribution in [0.4, 0.5) is 4.39 Å². The number of nitrogens with zero attached hydrogens (tertiary/aromatic N) is 1. The molecule has 0 aliphatic carbocycles. The minimum Gasteiger partial charge on any atom is -0.484 e. The number of carbonyl (C=O) groups excluding carboxylic acids is 2. The standard InChI is InChI=1S/C29H33FN2O3/c1-29(2,3)23-14-16-24(17-15-23)35-20-27(33)32(19-22-12-8-9-13-25(22)30)26(28(34)31-4)18-21-10-6-5-7-11-21/h5-17,26H,18-20H2,1-4H3,(H,31,34). The largest absolute Gasteiger partial charge is 0.484 e. The van der Waals surface area contributed by atoms with Crippen LogP contribution in [0.5, 0.6) is 5.75 Å². The zero-order valence-corrected chi connectivity index (χ0v) is 20.8. The smallest absolute Gasteiger partial charge is 0.261 e. The van der Waals surface area contributed by atoms with E-state index in [2.05, 4.69) is 26.1 Å². The molecule has 0 aliphatic rings. The molecule has 3 rings (SSSR count). The highest BCUT2D eigenvalue weighted by Crippen LogP contribution is 2.24. The first-order valence-corrected chi connectivity index (χ1v) is 11.7. The molecule has 0 saturated heterocycles. The minimum absolute atomic E-state index is 0.00305. The maximum Gasteiger partial charge on any atom is 0.261 e. The summed E-state index contributed by atoms with van der Waals surface area (Å²) < 4.78 is 20.3. The van der Waals surface area contributed by atoms with Gasteiger partial charge in [0.05, 0.1) is 0 Å². The molecule has 3 aromatic carbocycles. The Morgan fingerprint density at radius 2 is 1.57 bits per heavy atom. The maximum absolute atomic E-state index is 14.5. The quantitative estimate of drug-likeness (QED) is 0.479. The van der Waals surface area contributed by atoms with Crippen LogP contribution in [0.2, 0.25) is 0 Å². The van der Waals surface area contributed by atoms with Gasteiger partial charge in [-0.1, -0.05) is 81.4 Å². The Balaban J connectivity index is 1.85. The van der Waals surface area contributed by atoms with Gasteiger partial charge >= 0.3 is 0 Å². The molecule has 5 nitrogen and oxygen atoms in total. The lowest BCUT2D eigenvalue weighted by atomic mass is 9.87. The van der Waals surface area contributed by atoms with Crippen LogP contribution in [0.3, 0.4) is 0 Å². The number of amides is 2. The first kappa shape index (κ1) is 25.9. The van der Waals surface area contributed by atoms with Crippen LogP contribution in [0.15, 0.2) is 78.9 Å². The number of carbonyl (C=O) groups is 2. The van der Waals surface area contributed by atoms with Crippen molar-refractivity contribution in [3.8, 4) is 5.75 Å². The molecule has 1 atom stereocenters. The van der Waals surface area contributed by atoms with Gasteiger partial charge in [0.1, 0.15) is 17.6 Å². The van der Waals surface area contributed by atoms with Crippen molar-refractivity contribution in [1.82, 2.24) is 10.2 Å². The second kappa shape index (κ2) is 11.6. The fourth-order valence-electron chi connectivity index (χ4n) is 3.81. The van der Waals surface area contributed by atoms with Crippen molar-refractivity contribution >= 4 is 11.8 Å². The number of hydrogen-bond donors (Lipinski definition) is 1. The van der Waals surface area contributed by atoms with Gasteiger partial charge in [0, 0.05) is 25.6 Å². The molecular formula is C29H33FN2O3. The summed E-state index contributed by atoms with van der Waals surface area (Å²) in [5, 5.41) is 2.65. The summed E-state index contributed by atoms with van der Waals surface area (Å²) in [6, 6.07) is 22.5. The zero-order chi connectivity index (χ0) is 25.4. The molecule has 0 fully saturated rings. The topological polar surface area (TPSA) is 58.6 Å². The summed E-state index contributed by atoms with van der Waals surface area (Å²) in [5.41, 5.74) is 2.38. The monoisotopic (exact) mass is 476 g/mol. The van der Waals surface area contributed by atoms with Gasteiger partial charge in [-0.2, -0.15) is 0 Å². The average Bonchev–Trinajstić information content (AvgIpc) is 2.85. The first-order valence-electron chi connectivity index (χ1n) is 11.7. The predicted octanol–water partition coefficient (Wildman–Crippen LogP) is 4.89. The molecular weight excluding hydrogens is 443 g/mol. The number of rotatable bonds is 9. The number of ether oxygens (including phenoxy) is 1. The van der Waals surface area contributed by atoms with E-state index in [1.165, 1.54) is 18.0 Å². The summed E-state index contributed by atoms with van der Waals surface area (Å²) in [5.74, 6) is -0.609. The van der Waals surface area contributed by atoms with Gasteiger partial charge in [0.25, 0.3) is 5.91 Å². The maximum atomic E-state index is 14.5. The highest BCUT2D eigenvalue weighted by Gasteiger charge is 2.30. The molecule has 6 heteroatoms. The van der Waals surface area contributed by atoms with Gasteiger partial charge in [-0.15, -0.1) is 0 Å². The SMILES string of the molecule is CNC(=O)C(Cc1ccccc1)N(Cc1ccccc1F)C(=O)COc1ccc(C(C)(C)C)cc1. The van der Waals surface area contributed by atoms with Gasteiger partial charge in [-0.25, -0.2) is 4.39 Å². The van der Waals surface area contributed by atoms with Crippen molar-refractivity contribution in [2.75, 3.05) is 13.7 Å². The second-order valence-electron chi connectivity index (χ2n) is 9.50. The molecule has 3 aromatic rings. The molecule has 184 valence electrons. The third-order valence-electron chi connectivity index (χ3n) is 5.90. The molecule has 2 amide bonds. The molecule has 0 aromatic heterocycles. The van der Waals surface area contributed by atoms with Gasteiger partial charge < -0.3 is 15.0 Å². The van der Waals surface area contributed by atoms with Gasteiger partial charge in [0.2, 0.25) is 5.91 Å². The van der Waals surface area contributed by atoms with Crippen LogP contribution in [0.1, 0.15) is 37.5 Å². The van der Waals surface area contributed by atoms with Crippen molar-refractivity contribution in [1.29, 1.82) is 0 Å². The van der Waals surface area contributed by atoms with Gasteiger partial charge in [-0.3, -0.25) is 9.59 Å². The Kier molecular flexibility index (Phi) is 8.63. The van der Waals surface area contributed by atoms with Crippen molar-refractivity contribution in [2.45, 2.75) is 45.2 Å². The van der Waals surface area contributed by atoms with Crippen molar-refractivity contribution in [3.05, 3.63) is 101 Å². The highest BCUT2D eigenvalue weighted by molar-refractivity contribution is 5.88. The first-order chi connectivity index (χ1) is 16.7. The van der Waals surface area contributed by atoms with E-state index in [4.69, 9.17) is 4.74 Å². The number of likely N-dealkylation sites (N-methyl/N-ethyl adjacent to an activating group) is 1. The van der Waals surface area contributed by atoms with Crippen LogP contribution in [-0.2, 0) is 28.0 Å². The molecule has 0 spiro atoms. The summed E-state index contributed by atoms with van der Waals surface area (Å²) in [4.78, 5) is 27.7. The molecule has 0 aliphatic heterocycles. The summed E-state index contributed by atoms with van der Waals surface area (Å²) in [7, 11) is 1.53. The third-order valence-corrected chi connectivity index (χ3v) is 5.90. The van der Waals surface area contributed by atoms with Crippen molar-refractivity contribution < 1.29 is 18.7 Å². The lowest BCUT2D eigenvalue weighted by molar-refractivity contribution is -0.142. The lowest BCUT2D eigenvalue weighted by Gasteiger charge is -2.31. The Bertz CT molecular complexity index is 1120. The van der Waals surface area contributed by atoms with Crippen molar-refractivity contribution in [2.24, 2.45) is 0 Å². The van der Waals surface area contributed by atoms with E-state index in [9.17, 15) is 14.0 Å². The number of hydrogen-bond acceptors (Lipinski definition) is 3. The molecule has 1 unspecified atom stereocenters. The zero-order valence-electron chi connectivity index (χ0n) is 20.8. The van der Waals surface area contributed by atoms with E-state index >= 15 is 0 Å². The fraction of sp³-hybridized carbons (Fsp3) is 0.310. The van der Waals surface area contributed by atoms with E-state index in [0.29, 0.717) is 17.7 Å². The van der Waals surface area contributed by atoms with Crippen LogP contribution in [-0.4, -0.2) is 36.4 Å². The van der Waals surface area contributed by atoms with Crippen LogP contribution >= 0.6 is 0 Å². The van der Waals surface area contributed by atoms with Crippen LogP contribution in [0.25, 0.3) is 0 Å². The second-order valence-corrected chi connectivity index (χ2v) is 9.50. The number of nitrogens with one attached hydrogen (secondary N) is 1.